The first kappa shape index (κ1) is 12.0. The zero-order valence-corrected chi connectivity index (χ0v) is 10.9. The van der Waals surface area contributed by atoms with Gasteiger partial charge in [0, 0.05) is 5.56 Å². The molecule has 0 spiro atoms. The Hall–Kier alpha value is -1.06. The number of benzene rings is 1. The summed E-state index contributed by atoms with van der Waals surface area (Å²) in [6.45, 7) is 4.76. The molecule has 1 saturated heterocycles. The predicted molar refractivity (Wildman–Crippen MR) is 70.9 cm³/mol. The first-order chi connectivity index (χ1) is 8.81. The molecule has 0 bridgehead atoms. The summed E-state index contributed by atoms with van der Waals surface area (Å²) in [5.74, 6) is 1.02. The Morgan fingerprint density at radius 1 is 1.33 bits per heavy atom. The van der Waals surface area contributed by atoms with Gasteiger partial charge in [0.05, 0.1) is 6.04 Å². The third-order valence-electron chi connectivity index (χ3n) is 4.12. The Morgan fingerprint density at radius 3 is 2.83 bits per heavy atom. The SMILES string of the molecule is CCc1cccc2c1OCC(O)C2N1CCCC1. The largest absolute Gasteiger partial charge is 0.490 e. The van der Waals surface area contributed by atoms with Crippen molar-refractivity contribution in [2.45, 2.75) is 38.3 Å². The average Bonchev–Trinajstić information content (AvgIpc) is 2.91. The first-order valence-corrected chi connectivity index (χ1v) is 6.98. The van der Waals surface area contributed by atoms with Crippen LogP contribution >= 0.6 is 0 Å². The van der Waals surface area contributed by atoms with E-state index in [9.17, 15) is 5.11 Å². The van der Waals surface area contributed by atoms with Gasteiger partial charge in [-0.2, -0.15) is 0 Å². The van der Waals surface area contributed by atoms with E-state index in [1.54, 1.807) is 0 Å². The van der Waals surface area contributed by atoms with E-state index in [0.717, 1.165) is 25.3 Å². The van der Waals surface area contributed by atoms with Gasteiger partial charge in [-0.1, -0.05) is 25.1 Å². The number of para-hydroxylation sites is 1. The minimum Gasteiger partial charge on any atom is -0.490 e. The van der Waals surface area contributed by atoms with Crippen LogP contribution in [0.15, 0.2) is 18.2 Å². The van der Waals surface area contributed by atoms with Crippen molar-refractivity contribution in [3.05, 3.63) is 29.3 Å². The van der Waals surface area contributed by atoms with Gasteiger partial charge >= 0.3 is 0 Å². The van der Waals surface area contributed by atoms with Gasteiger partial charge in [0.25, 0.3) is 0 Å². The summed E-state index contributed by atoms with van der Waals surface area (Å²) in [5.41, 5.74) is 2.43. The summed E-state index contributed by atoms with van der Waals surface area (Å²) in [5, 5.41) is 10.3. The number of hydrogen-bond acceptors (Lipinski definition) is 3. The number of rotatable bonds is 2. The fourth-order valence-corrected chi connectivity index (χ4v) is 3.22. The molecule has 2 aliphatic heterocycles. The van der Waals surface area contributed by atoms with Crippen LogP contribution in [0.1, 0.15) is 36.9 Å². The first-order valence-electron chi connectivity index (χ1n) is 6.98. The number of hydrogen-bond donors (Lipinski definition) is 1. The molecule has 0 radical (unpaired) electrons. The third-order valence-corrected chi connectivity index (χ3v) is 4.12. The molecule has 1 aromatic rings. The van der Waals surface area contributed by atoms with Crippen molar-refractivity contribution in [1.82, 2.24) is 4.90 Å². The van der Waals surface area contributed by atoms with Crippen LogP contribution in [0.25, 0.3) is 0 Å². The molecule has 1 aromatic carbocycles. The second-order valence-corrected chi connectivity index (χ2v) is 5.26. The van der Waals surface area contributed by atoms with Gasteiger partial charge in [0.15, 0.2) is 0 Å². The molecule has 98 valence electrons. The highest BCUT2D eigenvalue weighted by atomic mass is 16.5. The summed E-state index contributed by atoms with van der Waals surface area (Å²) in [7, 11) is 0. The van der Waals surface area contributed by atoms with Crippen molar-refractivity contribution >= 4 is 0 Å². The summed E-state index contributed by atoms with van der Waals surface area (Å²) < 4.78 is 5.77. The molecular formula is C15H21NO2. The van der Waals surface area contributed by atoms with Crippen LogP contribution < -0.4 is 4.74 Å². The van der Waals surface area contributed by atoms with E-state index in [1.807, 2.05) is 0 Å². The molecule has 1 fully saturated rings. The average molecular weight is 247 g/mol. The highest BCUT2D eigenvalue weighted by Crippen LogP contribution is 2.39. The Kier molecular flexibility index (Phi) is 3.27. The molecule has 0 saturated carbocycles. The van der Waals surface area contributed by atoms with Crippen LogP contribution in [0.5, 0.6) is 5.75 Å². The number of nitrogens with zero attached hydrogens (tertiary/aromatic N) is 1. The van der Waals surface area contributed by atoms with Crippen LogP contribution in [0.4, 0.5) is 0 Å². The summed E-state index contributed by atoms with van der Waals surface area (Å²) in [6, 6.07) is 6.45. The minimum absolute atomic E-state index is 0.128. The molecule has 3 nitrogen and oxygen atoms in total. The zero-order chi connectivity index (χ0) is 12.5. The van der Waals surface area contributed by atoms with Crippen molar-refractivity contribution in [1.29, 1.82) is 0 Å². The molecule has 0 aliphatic carbocycles. The van der Waals surface area contributed by atoms with Crippen molar-refractivity contribution in [2.24, 2.45) is 0 Å². The van der Waals surface area contributed by atoms with Gasteiger partial charge in [-0.3, -0.25) is 4.90 Å². The fraction of sp³-hybridized carbons (Fsp3) is 0.600. The van der Waals surface area contributed by atoms with Crippen LogP contribution in [-0.4, -0.2) is 35.8 Å². The lowest BCUT2D eigenvalue weighted by Crippen LogP contribution is -2.41. The smallest absolute Gasteiger partial charge is 0.127 e. The van der Waals surface area contributed by atoms with Crippen molar-refractivity contribution < 1.29 is 9.84 Å². The van der Waals surface area contributed by atoms with Crippen molar-refractivity contribution in [3.8, 4) is 5.75 Å². The Balaban J connectivity index is 2.00. The summed E-state index contributed by atoms with van der Waals surface area (Å²) in [6.07, 6.45) is 3.06. The Labute approximate surface area is 108 Å². The topological polar surface area (TPSA) is 32.7 Å². The van der Waals surface area contributed by atoms with E-state index in [4.69, 9.17) is 4.74 Å². The lowest BCUT2D eigenvalue weighted by molar-refractivity contribution is 0.00835. The van der Waals surface area contributed by atoms with Crippen LogP contribution in [0.2, 0.25) is 0 Å². The molecular weight excluding hydrogens is 226 g/mol. The van der Waals surface area contributed by atoms with E-state index in [1.165, 1.54) is 24.0 Å². The van der Waals surface area contributed by atoms with E-state index in [2.05, 4.69) is 30.0 Å². The van der Waals surface area contributed by atoms with Crippen molar-refractivity contribution in [3.63, 3.8) is 0 Å². The van der Waals surface area contributed by atoms with Gasteiger partial charge in [0.1, 0.15) is 18.5 Å². The second kappa shape index (κ2) is 4.90. The van der Waals surface area contributed by atoms with E-state index < -0.39 is 6.10 Å². The molecule has 3 rings (SSSR count). The zero-order valence-electron chi connectivity index (χ0n) is 10.9. The number of ether oxygens (including phenoxy) is 1. The van der Waals surface area contributed by atoms with E-state index in [0.29, 0.717) is 6.61 Å². The maximum atomic E-state index is 10.3. The molecule has 0 amide bonds. The van der Waals surface area contributed by atoms with Crippen LogP contribution in [0.3, 0.4) is 0 Å². The second-order valence-electron chi connectivity index (χ2n) is 5.26. The van der Waals surface area contributed by atoms with E-state index in [-0.39, 0.29) is 6.04 Å². The van der Waals surface area contributed by atoms with Crippen molar-refractivity contribution in [2.75, 3.05) is 19.7 Å². The molecule has 2 aliphatic rings. The number of aliphatic hydroxyl groups excluding tert-OH is 1. The monoisotopic (exact) mass is 247 g/mol. The number of likely N-dealkylation sites (tertiary alicyclic amines) is 1. The molecule has 18 heavy (non-hydrogen) atoms. The van der Waals surface area contributed by atoms with Gasteiger partial charge in [-0.25, -0.2) is 0 Å². The lowest BCUT2D eigenvalue weighted by Gasteiger charge is -2.37. The Morgan fingerprint density at radius 2 is 2.11 bits per heavy atom. The van der Waals surface area contributed by atoms with Gasteiger partial charge in [-0.05, 0) is 37.9 Å². The number of aryl methyl sites for hydroxylation is 1. The maximum Gasteiger partial charge on any atom is 0.127 e. The van der Waals surface area contributed by atoms with Gasteiger partial charge in [0.2, 0.25) is 0 Å². The third kappa shape index (κ3) is 1.91. The number of fused-ring (bicyclic) bond motifs is 1. The molecule has 1 N–H and O–H groups in total. The quantitative estimate of drug-likeness (QED) is 0.869. The highest BCUT2D eigenvalue weighted by molar-refractivity contribution is 5.45. The van der Waals surface area contributed by atoms with Crippen LogP contribution in [-0.2, 0) is 6.42 Å². The normalized spacial score (nSPS) is 27.9. The summed E-state index contributed by atoms with van der Waals surface area (Å²) in [4.78, 5) is 2.41. The van der Waals surface area contributed by atoms with Gasteiger partial charge < -0.3 is 9.84 Å². The molecule has 2 heterocycles. The molecule has 3 heteroatoms. The van der Waals surface area contributed by atoms with Crippen LogP contribution in [0, 0.1) is 0 Å². The molecule has 2 atom stereocenters. The molecule has 0 aromatic heterocycles. The predicted octanol–water partition coefficient (Wildman–Crippen LogP) is 2.14. The summed E-state index contributed by atoms with van der Waals surface area (Å²) >= 11 is 0. The highest BCUT2D eigenvalue weighted by Gasteiger charge is 2.35. The minimum atomic E-state index is -0.400. The standard InChI is InChI=1S/C15H21NO2/c1-2-11-6-5-7-12-14(16-8-3-4-9-16)13(17)10-18-15(11)12/h5-7,13-14,17H,2-4,8-10H2,1H3. The fourth-order valence-electron chi connectivity index (χ4n) is 3.22. The lowest BCUT2D eigenvalue weighted by atomic mass is 9.94. The number of aliphatic hydroxyl groups is 1. The van der Waals surface area contributed by atoms with Gasteiger partial charge in [-0.15, -0.1) is 0 Å². The maximum absolute atomic E-state index is 10.3. The molecule has 2 unspecified atom stereocenters. The van der Waals surface area contributed by atoms with E-state index >= 15 is 0 Å². The Bertz CT molecular complexity index is 427.